The number of rotatable bonds is 5. The van der Waals surface area contributed by atoms with Gasteiger partial charge in [-0.05, 0) is 44.4 Å². The maximum absolute atomic E-state index is 12.7. The van der Waals surface area contributed by atoms with Crippen LogP contribution in [0.4, 0.5) is 0 Å². The lowest BCUT2D eigenvalue weighted by Gasteiger charge is -2.29. The van der Waals surface area contributed by atoms with Crippen LogP contribution in [0, 0.1) is 11.3 Å². The van der Waals surface area contributed by atoms with Gasteiger partial charge >= 0.3 is 0 Å². The van der Waals surface area contributed by atoms with Crippen molar-refractivity contribution in [3.05, 3.63) is 41.3 Å². The van der Waals surface area contributed by atoms with Crippen molar-refractivity contribution in [3.8, 4) is 6.07 Å². The summed E-state index contributed by atoms with van der Waals surface area (Å²) in [7, 11) is -3.63. The second-order valence-electron chi connectivity index (χ2n) is 6.93. The van der Waals surface area contributed by atoms with Crippen LogP contribution in [0.1, 0.15) is 51.5 Å². The summed E-state index contributed by atoms with van der Waals surface area (Å²) in [6.07, 6.45) is 6.49. The highest BCUT2D eigenvalue weighted by molar-refractivity contribution is 7.94. The van der Waals surface area contributed by atoms with Crippen molar-refractivity contribution in [1.29, 1.82) is 5.26 Å². The summed E-state index contributed by atoms with van der Waals surface area (Å²) < 4.78 is 24.1. The van der Waals surface area contributed by atoms with E-state index in [0.29, 0.717) is 0 Å². The van der Waals surface area contributed by atoms with E-state index in [1.54, 1.807) is 18.2 Å². The fraction of sp³-hybridized carbons (Fsp3) is 0.474. The standard InChI is InChI=1S/C19H24N2O3S/c1-19(2,18(22)21-16-7-4-3-5-8-16)15-9-11-17(12-10-15)25(23,24)14-6-13-20/h6,9-12,14,16H,3-5,7-8H2,1-2H3,(H,21,22)/b14-6+. The third-order valence-corrected chi connectivity index (χ3v) is 6.16. The highest BCUT2D eigenvalue weighted by Gasteiger charge is 2.31. The SMILES string of the molecule is CC(C)(C(=O)NC1CCCCC1)c1ccc(S(=O)(=O)/C=C/C#N)cc1. The van der Waals surface area contributed by atoms with E-state index in [2.05, 4.69) is 5.32 Å². The fourth-order valence-corrected chi connectivity index (χ4v) is 3.92. The molecule has 1 aliphatic rings. The Labute approximate surface area is 149 Å². The molecule has 0 atom stereocenters. The lowest BCUT2D eigenvalue weighted by molar-refractivity contribution is -0.126. The number of nitrogens with one attached hydrogen (secondary N) is 1. The Kier molecular flexibility index (Phi) is 6.02. The molecule has 1 aromatic rings. The van der Waals surface area contributed by atoms with Crippen molar-refractivity contribution in [2.75, 3.05) is 0 Å². The molecule has 0 saturated heterocycles. The van der Waals surface area contributed by atoms with E-state index in [0.717, 1.165) is 42.7 Å². The molecule has 0 unspecified atom stereocenters. The molecule has 1 saturated carbocycles. The highest BCUT2D eigenvalue weighted by Crippen LogP contribution is 2.27. The zero-order chi connectivity index (χ0) is 18.5. The van der Waals surface area contributed by atoms with Gasteiger partial charge in [0.1, 0.15) is 0 Å². The predicted octanol–water partition coefficient (Wildman–Crippen LogP) is 3.22. The number of nitriles is 1. The molecular weight excluding hydrogens is 336 g/mol. The number of sulfone groups is 1. The van der Waals surface area contributed by atoms with Gasteiger partial charge in [-0.15, -0.1) is 0 Å². The van der Waals surface area contributed by atoms with Crippen LogP contribution in [0.25, 0.3) is 0 Å². The molecule has 1 aromatic carbocycles. The quantitative estimate of drug-likeness (QED) is 0.817. The fourth-order valence-electron chi connectivity index (χ4n) is 3.00. The molecule has 2 rings (SSSR count). The van der Waals surface area contributed by atoms with Gasteiger partial charge in [-0.25, -0.2) is 8.42 Å². The number of hydrogen-bond donors (Lipinski definition) is 1. The van der Waals surface area contributed by atoms with Crippen molar-refractivity contribution >= 4 is 15.7 Å². The van der Waals surface area contributed by atoms with E-state index in [4.69, 9.17) is 5.26 Å². The number of benzene rings is 1. The van der Waals surface area contributed by atoms with Crippen LogP contribution in [-0.4, -0.2) is 20.4 Å². The molecule has 5 nitrogen and oxygen atoms in total. The van der Waals surface area contributed by atoms with E-state index in [1.165, 1.54) is 18.6 Å². The average Bonchev–Trinajstić information content (AvgIpc) is 2.61. The van der Waals surface area contributed by atoms with Gasteiger partial charge in [-0.2, -0.15) is 5.26 Å². The molecule has 0 radical (unpaired) electrons. The number of carbonyl (C=O) groups is 1. The molecule has 1 aliphatic carbocycles. The van der Waals surface area contributed by atoms with Gasteiger partial charge in [-0.1, -0.05) is 31.4 Å². The normalized spacial score (nSPS) is 16.5. The largest absolute Gasteiger partial charge is 0.353 e. The van der Waals surface area contributed by atoms with Gasteiger partial charge < -0.3 is 5.32 Å². The third-order valence-electron chi connectivity index (χ3n) is 4.73. The van der Waals surface area contributed by atoms with Crippen LogP contribution < -0.4 is 5.32 Å². The Balaban J connectivity index is 2.15. The molecule has 0 aromatic heterocycles. The summed E-state index contributed by atoms with van der Waals surface area (Å²) >= 11 is 0. The summed E-state index contributed by atoms with van der Waals surface area (Å²) in [5.74, 6) is -0.0422. The van der Waals surface area contributed by atoms with Crippen LogP contribution in [0.3, 0.4) is 0 Å². The minimum absolute atomic E-state index is 0.0422. The van der Waals surface area contributed by atoms with Crippen LogP contribution in [0.15, 0.2) is 40.6 Å². The Bertz CT molecular complexity index is 781. The summed E-state index contributed by atoms with van der Waals surface area (Å²) in [6, 6.07) is 8.17. The molecule has 6 heteroatoms. The van der Waals surface area contributed by atoms with E-state index >= 15 is 0 Å². The Morgan fingerprint density at radius 2 is 1.80 bits per heavy atom. The highest BCUT2D eigenvalue weighted by atomic mass is 32.2. The second kappa shape index (κ2) is 7.83. The number of allylic oxidation sites excluding steroid dienone is 1. The van der Waals surface area contributed by atoms with Crippen LogP contribution in [0.2, 0.25) is 0 Å². The summed E-state index contributed by atoms with van der Waals surface area (Å²) in [5.41, 5.74) is 0.00594. The molecule has 0 heterocycles. The zero-order valence-electron chi connectivity index (χ0n) is 14.7. The minimum Gasteiger partial charge on any atom is -0.353 e. The summed E-state index contributed by atoms with van der Waals surface area (Å²) in [4.78, 5) is 12.8. The molecule has 1 N–H and O–H groups in total. The molecule has 1 fully saturated rings. The average molecular weight is 360 g/mol. The number of amides is 1. The molecule has 0 spiro atoms. The zero-order valence-corrected chi connectivity index (χ0v) is 15.5. The summed E-state index contributed by atoms with van der Waals surface area (Å²) in [6.45, 7) is 3.68. The molecular formula is C19H24N2O3S. The lowest BCUT2D eigenvalue weighted by Crippen LogP contribution is -2.45. The molecule has 25 heavy (non-hydrogen) atoms. The monoisotopic (exact) mass is 360 g/mol. The second-order valence-corrected chi connectivity index (χ2v) is 8.77. The molecule has 0 aliphatic heterocycles. The van der Waals surface area contributed by atoms with Crippen LogP contribution in [0.5, 0.6) is 0 Å². The van der Waals surface area contributed by atoms with Crippen molar-refractivity contribution in [3.63, 3.8) is 0 Å². The number of nitrogens with zero attached hydrogens (tertiary/aromatic N) is 1. The van der Waals surface area contributed by atoms with Gasteiger partial charge in [-0.3, -0.25) is 4.79 Å². The minimum atomic E-state index is -3.63. The van der Waals surface area contributed by atoms with Crippen molar-refractivity contribution in [1.82, 2.24) is 5.32 Å². The number of carbonyl (C=O) groups excluding carboxylic acids is 1. The Morgan fingerprint density at radius 3 is 2.36 bits per heavy atom. The predicted molar refractivity (Wildman–Crippen MR) is 96.4 cm³/mol. The summed E-state index contributed by atoms with van der Waals surface area (Å²) in [5, 5.41) is 12.5. The topological polar surface area (TPSA) is 87.0 Å². The van der Waals surface area contributed by atoms with E-state index in [9.17, 15) is 13.2 Å². The number of hydrogen-bond acceptors (Lipinski definition) is 4. The molecule has 134 valence electrons. The lowest BCUT2D eigenvalue weighted by atomic mass is 9.83. The van der Waals surface area contributed by atoms with E-state index in [-0.39, 0.29) is 16.8 Å². The third kappa shape index (κ3) is 4.70. The van der Waals surface area contributed by atoms with Crippen LogP contribution in [-0.2, 0) is 20.0 Å². The maximum atomic E-state index is 12.7. The van der Waals surface area contributed by atoms with E-state index < -0.39 is 15.3 Å². The first kappa shape index (κ1) is 19.2. The van der Waals surface area contributed by atoms with Crippen molar-refractivity contribution < 1.29 is 13.2 Å². The first-order chi connectivity index (χ1) is 11.8. The van der Waals surface area contributed by atoms with Crippen LogP contribution >= 0.6 is 0 Å². The first-order valence-corrected chi connectivity index (χ1v) is 10.0. The van der Waals surface area contributed by atoms with Gasteiger partial charge in [0.25, 0.3) is 0 Å². The Morgan fingerprint density at radius 1 is 1.20 bits per heavy atom. The van der Waals surface area contributed by atoms with Crippen molar-refractivity contribution in [2.24, 2.45) is 0 Å². The maximum Gasteiger partial charge on any atom is 0.230 e. The Hall–Kier alpha value is -2.13. The smallest absolute Gasteiger partial charge is 0.230 e. The molecule has 1 amide bonds. The van der Waals surface area contributed by atoms with Gasteiger partial charge in [0, 0.05) is 17.5 Å². The van der Waals surface area contributed by atoms with Gasteiger partial charge in [0.05, 0.1) is 16.4 Å². The van der Waals surface area contributed by atoms with E-state index in [1.807, 2.05) is 13.8 Å². The van der Waals surface area contributed by atoms with Gasteiger partial charge in [0.15, 0.2) is 0 Å². The van der Waals surface area contributed by atoms with Crippen molar-refractivity contribution in [2.45, 2.75) is 62.3 Å². The first-order valence-electron chi connectivity index (χ1n) is 8.50. The van der Waals surface area contributed by atoms with Gasteiger partial charge in [0.2, 0.25) is 15.7 Å². The molecule has 0 bridgehead atoms.